The quantitative estimate of drug-likeness (QED) is 0.159. The van der Waals surface area contributed by atoms with E-state index in [1.807, 2.05) is 0 Å². The molecule has 0 spiro atoms. The molecule has 0 aliphatic carbocycles. The molecule has 1 atom stereocenters. The van der Waals surface area contributed by atoms with E-state index in [0.29, 0.717) is 39.7 Å². The molecule has 1 unspecified atom stereocenters. The van der Waals surface area contributed by atoms with Gasteiger partial charge in [0.1, 0.15) is 6.33 Å². The van der Waals surface area contributed by atoms with Crippen molar-refractivity contribution >= 4 is 63.6 Å². The number of rotatable bonds is 7. The van der Waals surface area contributed by atoms with E-state index in [1.165, 1.54) is 6.07 Å². The number of aryl methyl sites for hydroxylation is 1. The molecule has 4 aromatic rings. The predicted octanol–water partition coefficient (Wildman–Crippen LogP) is 8.21. The van der Waals surface area contributed by atoms with Gasteiger partial charge in [0.05, 0.1) is 27.5 Å². The van der Waals surface area contributed by atoms with Crippen molar-refractivity contribution < 1.29 is 18.1 Å². The van der Waals surface area contributed by atoms with Crippen molar-refractivity contribution in [2.45, 2.75) is 19.0 Å². The molecular weight excluding hydrogens is 594 g/mol. The number of nitrogens with one attached hydrogen (secondary N) is 2. The normalized spacial score (nSPS) is 11.9. The number of benzene rings is 2. The first kappa shape index (κ1) is 28.8. The number of nitrogens with zero attached hydrogens (tertiary/aromatic N) is 5. The van der Waals surface area contributed by atoms with Gasteiger partial charge in [-0.25, -0.2) is 15.0 Å². The first-order valence-corrected chi connectivity index (χ1v) is 12.2. The number of pyridine rings is 1. The third-order valence-electron chi connectivity index (χ3n) is 5.65. The molecule has 0 aliphatic rings. The van der Waals surface area contributed by atoms with Crippen LogP contribution in [-0.2, 0) is 6.18 Å². The van der Waals surface area contributed by atoms with Crippen molar-refractivity contribution in [2.24, 2.45) is 0 Å². The molecule has 0 radical (unpaired) electrons. The van der Waals surface area contributed by atoms with Crippen molar-refractivity contribution in [3.63, 3.8) is 0 Å². The lowest BCUT2D eigenvalue weighted by molar-refractivity contribution is -0.383. The lowest BCUT2D eigenvalue weighted by Gasteiger charge is -2.17. The summed E-state index contributed by atoms with van der Waals surface area (Å²) >= 11 is 18.4. The number of halogens is 6. The van der Waals surface area contributed by atoms with E-state index in [4.69, 9.17) is 34.8 Å². The van der Waals surface area contributed by atoms with Crippen LogP contribution in [0.5, 0.6) is 0 Å². The van der Waals surface area contributed by atoms with Crippen LogP contribution in [-0.4, -0.2) is 19.9 Å². The fourth-order valence-electron chi connectivity index (χ4n) is 3.70. The van der Waals surface area contributed by atoms with E-state index < -0.39 is 33.3 Å². The van der Waals surface area contributed by atoms with E-state index >= 15 is 0 Å². The van der Waals surface area contributed by atoms with Gasteiger partial charge in [-0.15, -0.1) is 0 Å². The smallest absolute Gasteiger partial charge is 0.334 e. The zero-order valence-electron chi connectivity index (χ0n) is 20.1. The standard InChI is InChI=1S/C25H15Cl3F3N7O2/c1-12-6-16(17(9-32)13-2-4-15(26)5-3-13)18(27)8-20(12)36-23-21(38(39)40)24(35-11-34-23)37-22-19(28)7-14(10-33-22)25(29,30)31/h2-8,10-11,17H,1H3,(H2,33,34,35,36,37). The molecule has 204 valence electrons. The Morgan fingerprint density at radius 2 is 1.62 bits per heavy atom. The Labute approximate surface area is 239 Å². The first-order valence-electron chi connectivity index (χ1n) is 11.1. The number of aromatic nitrogens is 3. The summed E-state index contributed by atoms with van der Waals surface area (Å²) in [5.41, 5.74) is 0.399. The summed E-state index contributed by atoms with van der Waals surface area (Å²) in [5, 5.41) is 27.4. The largest absolute Gasteiger partial charge is 0.417 e. The highest BCUT2D eigenvalue weighted by Gasteiger charge is 2.32. The number of hydrogen-bond donors (Lipinski definition) is 2. The number of anilines is 4. The lowest BCUT2D eigenvalue weighted by Crippen LogP contribution is -2.09. The summed E-state index contributed by atoms with van der Waals surface area (Å²) in [6.07, 6.45) is -3.14. The maximum atomic E-state index is 12.9. The molecule has 2 N–H and O–H groups in total. The minimum absolute atomic E-state index is 0.213. The zero-order chi connectivity index (χ0) is 29.2. The van der Waals surface area contributed by atoms with Gasteiger partial charge in [0.25, 0.3) is 0 Å². The number of alkyl halides is 3. The average molecular weight is 609 g/mol. The lowest BCUT2D eigenvalue weighted by atomic mass is 9.91. The van der Waals surface area contributed by atoms with Crippen LogP contribution < -0.4 is 10.6 Å². The zero-order valence-corrected chi connectivity index (χ0v) is 22.4. The summed E-state index contributed by atoms with van der Waals surface area (Å²) in [5.74, 6) is -1.60. The number of hydrogen-bond acceptors (Lipinski definition) is 8. The SMILES string of the molecule is Cc1cc(C(C#N)c2ccc(Cl)cc2)c(Cl)cc1Nc1ncnc(Nc2ncc(C(F)(F)F)cc2Cl)c1[N+](=O)[O-]. The highest BCUT2D eigenvalue weighted by molar-refractivity contribution is 6.33. The molecule has 0 amide bonds. The van der Waals surface area contributed by atoms with E-state index in [0.717, 1.165) is 6.33 Å². The Balaban J connectivity index is 1.68. The average Bonchev–Trinajstić information content (AvgIpc) is 2.88. The molecule has 2 aromatic heterocycles. The molecular formula is C25H15Cl3F3N7O2. The van der Waals surface area contributed by atoms with Crippen molar-refractivity contribution in [1.82, 2.24) is 15.0 Å². The molecule has 2 aromatic carbocycles. The van der Waals surface area contributed by atoms with Crippen LogP contribution >= 0.6 is 34.8 Å². The van der Waals surface area contributed by atoms with E-state index in [-0.39, 0.29) is 22.5 Å². The van der Waals surface area contributed by atoms with Crippen molar-refractivity contribution in [1.29, 1.82) is 5.26 Å². The fraction of sp³-hybridized carbons (Fsp3) is 0.120. The maximum Gasteiger partial charge on any atom is 0.417 e. The van der Waals surface area contributed by atoms with Crippen LogP contribution in [0.25, 0.3) is 0 Å². The highest BCUT2D eigenvalue weighted by Crippen LogP contribution is 2.39. The fourth-order valence-corrected chi connectivity index (χ4v) is 4.31. The van der Waals surface area contributed by atoms with Crippen LogP contribution in [0.4, 0.5) is 42.0 Å². The monoisotopic (exact) mass is 607 g/mol. The van der Waals surface area contributed by atoms with Crippen LogP contribution in [0.15, 0.2) is 55.0 Å². The molecule has 0 saturated carbocycles. The summed E-state index contributed by atoms with van der Waals surface area (Å²) in [6, 6.07) is 12.8. The van der Waals surface area contributed by atoms with E-state index in [2.05, 4.69) is 31.7 Å². The van der Waals surface area contributed by atoms with Crippen molar-refractivity contribution in [3.8, 4) is 6.07 Å². The molecule has 0 bridgehead atoms. The topological polar surface area (TPSA) is 130 Å². The van der Waals surface area contributed by atoms with Crippen molar-refractivity contribution in [2.75, 3.05) is 10.6 Å². The second-order valence-corrected chi connectivity index (χ2v) is 9.53. The van der Waals surface area contributed by atoms with E-state index in [1.54, 1.807) is 37.3 Å². The molecule has 0 fully saturated rings. The van der Waals surface area contributed by atoms with Crippen LogP contribution in [0.1, 0.15) is 28.2 Å². The minimum atomic E-state index is -4.68. The van der Waals surface area contributed by atoms with Gasteiger partial charge in [-0.05, 0) is 47.9 Å². The second-order valence-electron chi connectivity index (χ2n) is 8.28. The van der Waals surface area contributed by atoms with Gasteiger partial charge in [-0.1, -0.05) is 53.0 Å². The maximum absolute atomic E-state index is 12.9. The Bertz CT molecular complexity index is 1640. The predicted molar refractivity (Wildman–Crippen MR) is 145 cm³/mol. The van der Waals surface area contributed by atoms with Crippen LogP contribution in [0.2, 0.25) is 15.1 Å². The van der Waals surface area contributed by atoms with Gasteiger partial charge in [-0.3, -0.25) is 10.1 Å². The third kappa shape index (κ3) is 6.17. The molecule has 15 heteroatoms. The third-order valence-corrected chi connectivity index (χ3v) is 6.52. The van der Waals surface area contributed by atoms with Gasteiger partial charge in [-0.2, -0.15) is 18.4 Å². The Morgan fingerprint density at radius 3 is 2.20 bits per heavy atom. The Morgan fingerprint density at radius 1 is 0.975 bits per heavy atom. The summed E-state index contributed by atoms with van der Waals surface area (Å²) in [4.78, 5) is 22.6. The molecule has 9 nitrogen and oxygen atoms in total. The van der Waals surface area contributed by atoms with Crippen LogP contribution in [0, 0.1) is 28.4 Å². The van der Waals surface area contributed by atoms with Gasteiger partial charge < -0.3 is 10.6 Å². The first-order chi connectivity index (χ1) is 18.9. The minimum Gasteiger partial charge on any atom is -0.334 e. The molecule has 2 heterocycles. The summed E-state index contributed by atoms with van der Waals surface area (Å²) in [7, 11) is 0. The van der Waals surface area contributed by atoms with E-state index in [9.17, 15) is 28.5 Å². The number of nitro groups is 1. The second kappa shape index (κ2) is 11.5. The highest BCUT2D eigenvalue weighted by atomic mass is 35.5. The summed E-state index contributed by atoms with van der Waals surface area (Å²) in [6.45, 7) is 1.70. The van der Waals surface area contributed by atoms with Gasteiger partial charge in [0.2, 0.25) is 11.6 Å². The van der Waals surface area contributed by atoms with Gasteiger partial charge in [0, 0.05) is 21.9 Å². The van der Waals surface area contributed by atoms with Crippen LogP contribution in [0.3, 0.4) is 0 Å². The number of nitriles is 1. The Kier molecular flexibility index (Phi) is 8.29. The molecule has 0 aliphatic heterocycles. The van der Waals surface area contributed by atoms with Crippen molar-refractivity contribution in [3.05, 3.63) is 102 Å². The molecule has 4 rings (SSSR count). The van der Waals surface area contributed by atoms with Gasteiger partial charge >= 0.3 is 11.9 Å². The Hall–Kier alpha value is -4.18. The van der Waals surface area contributed by atoms with Gasteiger partial charge in [0.15, 0.2) is 5.82 Å². The summed E-state index contributed by atoms with van der Waals surface area (Å²) < 4.78 is 38.8. The molecule has 40 heavy (non-hydrogen) atoms. The molecule has 0 saturated heterocycles.